The highest BCUT2D eigenvalue weighted by molar-refractivity contribution is 6.92. The summed E-state index contributed by atoms with van der Waals surface area (Å²) in [5.74, 6) is 0. The maximum absolute atomic E-state index is 2.67. The number of rotatable bonds is 1. The van der Waals surface area contributed by atoms with Crippen molar-refractivity contribution < 1.29 is 0 Å². The Balaban J connectivity index is 1.76. The SMILES string of the molecule is Cc1cc(C)c2c(c1)C(C)(C)c1cc(C)cc(C)c1N2B1c2ccccc2N(C)c2ccccc21. The van der Waals surface area contributed by atoms with Crippen LogP contribution < -0.4 is 20.6 Å². The van der Waals surface area contributed by atoms with Gasteiger partial charge in [-0.15, -0.1) is 0 Å². The van der Waals surface area contributed by atoms with Crippen molar-refractivity contribution in [2.75, 3.05) is 16.8 Å². The molecular weight excluding hydrogens is 423 g/mol. The van der Waals surface area contributed by atoms with Crippen molar-refractivity contribution in [3.8, 4) is 0 Å². The van der Waals surface area contributed by atoms with Crippen molar-refractivity contribution in [2.24, 2.45) is 0 Å². The molecule has 2 nitrogen and oxygen atoms in total. The molecule has 2 aliphatic rings. The molecule has 2 aliphatic heterocycles. The fourth-order valence-electron chi connectivity index (χ4n) is 6.65. The van der Waals surface area contributed by atoms with Crippen molar-refractivity contribution in [1.82, 2.24) is 0 Å². The lowest BCUT2D eigenvalue weighted by Crippen LogP contribution is -2.61. The lowest BCUT2D eigenvalue weighted by atomic mass is 9.45. The molecule has 0 N–H and O–H groups in total. The fourth-order valence-corrected chi connectivity index (χ4v) is 6.65. The van der Waals surface area contributed by atoms with Crippen LogP contribution in [0.4, 0.5) is 22.7 Å². The molecule has 4 aromatic rings. The normalized spacial score (nSPS) is 15.3. The number of nitrogens with zero attached hydrogens (tertiary/aromatic N) is 2. The third kappa shape index (κ3) is 3.04. The summed E-state index contributed by atoms with van der Waals surface area (Å²) >= 11 is 0. The molecule has 0 saturated heterocycles. The van der Waals surface area contributed by atoms with E-state index in [2.05, 4.69) is 131 Å². The van der Waals surface area contributed by atoms with Gasteiger partial charge in [0.2, 0.25) is 0 Å². The van der Waals surface area contributed by atoms with E-state index < -0.39 is 0 Å². The number of hydrogen-bond acceptors (Lipinski definition) is 2. The van der Waals surface area contributed by atoms with Crippen LogP contribution in [0, 0.1) is 27.7 Å². The molecular formula is C32H33BN2. The first kappa shape index (κ1) is 22.0. The van der Waals surface area contributed by atoms with Crippen molar-refractivity contribution in [2.45, 2.75) is 47.0 Å². The zero-order valence-corrected chi connectivity index (χ0v) is 21.9. The molecule has 0 unspecified atom stereocenters. The second-order valence-corrected chi connectivity index (χ2v) is 11.0. The lowest BCUT2D eigenvalue weighted by molar-refractivity contribution is 0.630. The van der Waals surface area contributed by atoms with Gasteiger partial charge in [-0.1, -0.05) is 85.6 Å². The fraction of sp³-hybridized carbons (Fsp3) is 0.250. The van der Waals surface area contributed by atoms with Crippen LogP contribution in [0.5, 0.6) is 0 Å². The van der Waals surface area contributed by atoms with Gasteiger partial charge in [-0.25, -0.2) is 0 Å². The van der Waals surface area contributed by atoms with Crippen LogP contribution >= 0.6 is 0 Å². The van der Waals surface area contributed by atoms with Crippen LogP contribution in [0.2, 0.25) is 0 Å². The Kier molecular flexibility index (Phi) is 4.73. The van der Waals surface area contributed by atoms with Crippen LogP contribution in [-0.2, 0) is 5.41 Å². The average molecular weight is 456 g/mol. The first-order chi connectivity index (χ1) is 16.7. The summed E-state index contributed by atoms with van der Waals surface area (Å²) in [7, 11) is 2.19. The van der Waals surface area contributed by atoms with E-state index in [1.807, 2.05) is 0 Å². The van der Waals surface area contributed by atoms with Gasteiger partial charge < -0.3 is 9.71 Å². The highest BCUT2D eigenvalue weighted by Crippen LogP contribution is 2.52. The maximum atomic E-state index is 2.67. The Labute approximate surface area is 210 Å². The minimum Gasteiger partial charge on any atom is -0.376 e. The molecule has 0 spiro atoms. The minimum absolute atomic E-state index is 0.0841. The summed E-state index contributed by atoms with van der Waals surface area (Å²) in [5, 5.41) is 0. The molecule has 0 aromatic heterocycles. The largest absolute Gasteiger partial charge is 0.376 e. The summed E-state index contributed by atoms with van der Waals surface area (Å²) < 4.78 is 0. The molecule has 35 heavy (non-hydrogen) atoms. The zero-order chi connectivity index (χ0) is 24.6. The third-order valence-corrected chi connectivity index (χ3v) is 8.16. The molecule has 0 radical (unpaired) electrons. The van der Waals surface area contributed by atoms with Crippen LogP contribution in [0.15, 0.2) is 72.8 Å². The van der Waals surface area contributed by atoms with Crippen molar-refractivity contribution in [3.05, 3.63) is 106 Å². The Bertz CT molecular complexity index is 1390. The zero-order valence-electron chi connectivity index (χ0n) is 21.9. The molecule has 0 fully saturated rings. The Morgan fingerprint density at radius 3 is 1.51 bits per heavy atom. The van der Waals surface area contributed by atoms with E-state index in [4.69, 9.17) is 0 Å². The molecule has 2 heterocycles. The number of fused-ring (bicyclic) bond motifs is 4. The number of hydrogen-bond donors (Lipinski definition) is 0. The molecule has 174 valence electrons. The number of benzene rings is 4. The minimum atomic E-state index is -0.0841. The van der Waals surface area contributed by atoms with Gasteiger partial charge in [0.25, 0.3) is 0 Å². The molecule has 0 bridgehead atoms. The van der Waals surface area contributed by atoms with E-state index in [1.165, 1.54) is 67.1 Å². The van der Waals surface area contributed by atoms with Gasteiger partial charge in [0.1, 0.15) is 0 Å². The van der Waals surface area contributed by atoms with E-state index >= 15 is 0 Å². The summed E-state index contributed by atoms with van der Waals surface area (Å²) in [5.41, 5.74) is 16.1. The molecule has 3 heteroatoms. The Hall–Kier alpha value is -3.46. The first-order valence-corrected chi connectivity index (χ1v) is 12.6. The van der Waals surface area contributed by atoms with Crippen LogP contribution in [0.1, 0.15) is 47.2 Å². The van der Waals surface area contributed by atoms with Gasteiger partial charge in [0, 0.05) is 35.2 Å². The first-order valence-electron chi connectivity index (χ1n) is 12.6. The summed E-state index contributed by atoms with van der Waals surface area (Å²) in [4.78, 5) is 5.02. The van der Waals surface area contributed by atoms with Gasteiger partial charge in [0.15, 0.2) is 0 Å². The van der Waals surface area contributed by atoms with Crippen molar-refractivity contribution in [3.63, 3.8) is 0 Å². The summed E-state index contributed by atoms with van der Waals surface area (Å²) in [6.07, 6.45) is 0. The van der Waals surface area contributed by atoms with Gasteiger partial charge in [-0.05, 0) is 73.0 Å². The van der Waals surface area contributed by atoms with Crippen molar-refractivity contribution in [1.29, 1.82) is 0 Å². The van der Waals surface area contributed by atoms with E-state index in [1.54, 1.807) is 0 Å². The molecule has 0 atom stereocenters. The van der Waals surface area contributed by atoms with Gasteiger partial charge in [-0.2, -0.15) is 0 Å². The standard InChI is InChI=1S/C32H33BN2/c1-20-16-22(3)30-24(18-20)32(5,6)25-19-21(2)17-23(4)31(25)35(30)33-26-12-8-10-14-28(26)34(7)29-15-11-9-13-27(29)33/h8-19H,1-7H3. The van der Waals surface area contributed by atoms with Gasteiger partial charge in [-0.3, -0.25) is 0 Å². The van der Waals surface area contributed by atoms with Gasteiger partial charge >= 0.3 is 6.85 Å². The molecule has 0 saturated carbocycles. The van der Waals surface area contributed by atoms with Crippen LogP contribution in [0.3, 0.4) is 0 Å². The smallest absolute Gasteiger partial charge is 0.332 e. The predicted molar refractivity (Wildman–Crippen MR) is 152 cm³/mol. The predicted octanol–water partition coefficient (Wildman–Crippen LogP) is 6.58. The van der Waals surface area contributed by atoms with Gasteiger partial charge in [0.05, 0.1) is 0 Å². The van der Waals surface area contributed by atoms with E-state index in [-0.39, 0.29) is 12.3 Å². The maximum Gasteiger partial charge on any atom is 0.332 e. The number of para-hydroxylation sites is 2. The van der Waals surface area contributed by atoms with E-state index in [0.717, 1.165) is 0 Å². The molecule has 0 aliphatic carbocycles. The monoisotopic (exact) mass is 456 g/mol. The second kappa shape index (κ2) is 7.52. The molecule has 6 rings (SSSR count). The number of anilines is 4. The quantitative estimate of drug-likeness (QED) is 0.299. The molecule has 0 amide bonds. The average Bonchev–Trinajstić information content (AvgIpc) is 2.81. The second-order valence-electron chi connectivity index (χ2n) is 11.0. The third-order valence-electron chi connectivity index (χ3n) is 8.16. The Morgan fingerprint density at radius 1 is 0.629 bits per heavy atom. The topological polar surface area (TPSA) is 6.48 Å². The van der Waals surface area contributed by atoms with E-state index in [0.29, 0.717) is 0 Å². The highest BCUT2D eigenvalue weighted by atomic mass is 15.2. The van der Waals surface area contributed by atoms with Crippen molar-refractivity contribution >= 4 is 40.5 Å². The highest BCUT2D eigenvalue weighted by Gasteiger charge is 2.45. The Morgan fingerprint density at radius 2 is 1.06 bits per heavy atom. The summed E-state index contributed by atoms with van der Waals surface area (Å²) in [6.45, 7) is 13.9. The van der Waals surface area contributed by atoms with Crippen LogP contribution in [0.25, 0.3) is 0 Å². The molecule has 4 aromatic carbocycles. The lowest BCUT2D eigenvalue weighted by Gasteiger charge is -2.48. The van der Waals surface area contributed by atoms with E-state index in [9.17, 15) is 0 Å². The van der Waals surface area contributed by atoms with Crippen LogP contribution in [-0.4, -0.2) is 13.9 Å². The number of aryl methyl sites for hydroxylation is 4. The summed E-state index contributed by atoms with van der Waals surface area (Å²) in [6, 6.07) is 27.4.